The van der Waals surface area contributed by atoms with Gasteiger partial charge in [-0.25, -0.2) is 0 Å². The van der Waals surface area contributed by atoms with Gasteiger partial charge in [0.1, 0.15) is 11.9 Å². The molecule has 0 unspecified atom stereocenters. The number of allylic oxidation sites excluding steroid dienone is 5. The molecule has 0 fully saturated rings. The zero-order valence-electron chi connectivity index (χ0n) is 18.2. The van der Waals surface area contributed by atoms with Gasteiger partial charge in [0.2, 0.25) is 0 Å². The minimum absolute atomic E-state index is 0.0000180. The van der Waals surface area contributed by atoms with Crippen molar-refractivity contribution in [3.8, 4) is 0 Å². The Morgan fingerprint density at radius 3 is 2.68 bits per heavy atom. The van der Waals surface area contributed by atoms with Crippen LogP contribution in [0.25, 0.3) is 0 Å². The number of rotatable bonds is 6. The fraction of sp³-hybridized carbons (Fsp3) is 0.667. The van der Waals surface area contributed by atoms with Crippen molar-refractivity contribution < 1.29 is 19.4 Å². The first kappa shape index (κ1) is 24.4. The number of hydrogen-bond acceptors (Lipinski definition) is 4. The highest BCUT2D eigenvalue weighted by molar-refractivity contribution is 5.81. The van der Waals surface area contributed by atoms with Crippen LogP contribution in [0.5, 0.6) is 0 Å². The van der Waals surface area contributed by atoms with E-state index in [4.69, 9.17) is 4.74 Å². The molecule has 1 heterocycles. The van der Waals surface area contributed by atoms with Crippen molar-refractivity contribution >= 4 is 11.8 Å². The van der Waals surface area contributed by atoms with Crippen molar-refractivity contribution in [3.05, 3.63) is 36.0 Å². The molecule has 0 aliphatic carbocycles. The molecule has 1 aliphatic rings. The monoisotopic (exact) mass is 390 g/mol. The third kappa shape index (κ3) is 9.01. The quantitative estimate of drug-likeness (QED) is 0.386. The largest absolute Gasteiger partial charge is 0.455 e. The van der Waals surface area contributed by atoms with Gasteiger partial charge in [0.25, 0.3) is 0 Å². The van der Waals surface area contributed by atoms with E-state index in [0.717, 1.165) is 19.3 Å². The van der Waals surface area contributed by atoms with E-state index < -0.39 is 12.2 Å². The second kappa shape index (κ2) is 12.7. The SMILES string of the molecule is CC/C=C/C(C)=C/[C@H](C)C[C@H](O)[C@@H]1/C=C/CC[C@H](C)C(=O)CC[C@H](C)C(=O)O1. The maximum Gasteiger partial charge on any atom is 0.309 e. The smallest absolute Gasteiger partial charge is 0.309 e. The van der Waals surface area contributed by atoms with Crippen molar-refractivity contribution in [2.75, 3.05) is 0 Å². The van der Waals surface area contributed by atoms with Crippen LogP contribution in [0.3, 0.4) is 0 Å². The van der Waals surface area contributed by atoms with Crippen LogP contribution >= 0.6 is 0 Å². The van der Waals surface area contributed by atoms with Gasteiger partial charge in [0.15, 0.2) is 0 Å². The lowest BCUT2D eigenvalue weighted by Crippen LogP contribution is -2.33. The summed E-state index contributed by atoms with van der Waals surface area (Å²) in [6.45, 7) is 9.94. The summed E-state index contributed by atoms with van der Waals surface area (Å²) in [4.78, 5) is 24.5. The molecule has 158 valence electrons. The lowest BCUT2D eigenvalue weighted by atomic mass is 9.93. The van der Waals surface area contributed by atoms with Crippen molar-refractivity contribution in [1.29, 1.82) is 0 Å². The molecule has 0 saturated heterocycles. The molecule has 0 radical (unpaired) electrons. The van der Waals surface area contributed by atoms with Gasteiger partial charge in [-0.05, 0) is 51.0 Å². The Morgan fingerprint density at radius 2 is 2.00 bits per heavy atom. The number of aliphatic hydroxyl groups is 1. The van der Waals surface area contributed by atoms with Gasteiger partial charge in [0, 0.05) is 12.3 Å². The van der Waals surface area contributed by atoms with E-state index in [2.05, 4.69) is 39.0 Å². The molecule has 5 atom stereocenters. The number of cyclic esters (lactones) is 1. The van der Waals surface area contributed by atoms with Gasteiger partial charge >= 0.3 is 5.97 Å². The van der Waals surface area contributed by atoms with Gasteiger partial charge in [-0.15, -0.1) is 0 Å². The number of Topliss-reactive ketones (excluding diaryl/α,β-unsaturated/α-hetero) is 1. The summed E-state index contributed by atoms with van der Waals surface area (Å²) in [6, 6.07) is 0. The molecule has 1 aliphatic heterocycles. The summed E-state index contributed by atoms with van der Waals surface area (Å²) in [5.74, 6) is -0.323. The van der Waals surface area contributed by atoms with Crippen molar-refractivity contribution in [2.24, 2.45) is 17.8 Å². The Bertz CT molecular complexity index is 587. The average Bonchev–Trinajstić information content (AvgIpc) is 2.64. The van der Waals surface area contributed by atoms with Crippen LogP contribution in [0.1, 0.15) is 73.1 Å². The summed E-state index contributed by atoms with van der Waals surface area (Å²) in [7, 11) is 0. The lowest BCUT2D eigenvalue weighted by molar-refractivity contribution is -0.156. The molecule has 0 bridgehead atoms. The van der Waals surface area contributed by atoms with Gasteiger partial charge in [-0.3, -0.25) is 9.59 Å². The highest BCUT2D eigenvalue weighted by Crippen LogP contribution is 2.21. The minimum atomic E-state index is -0.761. The molecule has 0 aromatic rings. The summed E-state index contributed by atoms with van der Waals surface area (Å²) in [5, 5.41) is 10.7. The van der Waals surface area contributed by atoms with Crippen LogP contribution in [0, 0.1) is 17.8 Å². The van der Waals surface area contributed by atoms with E-state index in [1.807, 2.05) is 13.0 Å². The first-order valence-electron chi connectivity index (χ1n) is 10.7. The van der Waals surface area contributed by atoms with Gasteiger partial charge in [0.05, 0.1) is 12.0 Å². The average molecular weight is 391 g/mol. The van der Waals surface area contributed by atoms with E-state index in [-0.39, 0.29) is 29.5 Å². The molecule has 0 aromatic carbocycles. The van der Waals surface area contributed by atoms with Crippen molar-refractivity contribution in [3.63, 3.8) is 0 Å². The summed E-state index contributed by atoms with van der Waals surface area (Å²) >= 11 is 0. The van der Waals surface area contributed by atoms with Crippen molar-refractivity contribution in [2.45, 2.75) is 85.4 Å². The Balaban J connectivity index is 2.83. The topological polar surface area (TPSA) is 63.6 Å². The highest BCUT2D eigenvalue weighted by atomic mass is 16.6. The fourth-order valence-electron chi connectivity index (χ4n) is 3.35. The fourth-order valence-corrected chi connectivity index (χ4v) is 3.35. The molecule has 0 aromatic heterocycles. The predicted molar refractivity (Wildman–Crippen MR) is 114 cm³/mol. The molecule has 0 amide bonds. The van der Waals surface area contributed by atoms with Gasteiger partial charge in [-0.1, -0.05) is 57.6 Å². The van der Waals surface area contributed by atoms with Gasteiger partial charge in [-0.2, -0.15) is 0 Å². The molecular weight excluding hydrogens is 352 g/mol. The molecular formula is C24H38O4. The third-order valence-electron chi connectivity index (χ3n) is 5.28. The van der Waals surface area contributed by atoms with Crippen LogP contribution in [0.15, 0.2) is 36.0 Å². The predicted octanol–water partition coefficient (Wildman–Crippen LogP) is 5.17. The number of hydrogen-bond donors (Lipinski definition) is 1. The van der Waals surface area contributed by atoms with E-state index in [1.54, 1.807) is 13.0 Å². The highest BCUT2D eigenvalue weighted by Gasteiger charge is 2.26. The normalized spacial score (nSPS) is 28.9. The van der Waals surface area contributed by atoms with E-state index in [0.29, 0.717) is 19.3 Å². The number of carbonyl (C=O) groups is 2. The maximum atomic E-state index is 12.4. The number of ketones is 1. The van der Waals surface area contributed by atoms with Crippen molar-refractivity contribution in [1.82, 2.24) is 0 Å². The molecule has 1 rings (SSSR count). The number of ether oxygens (including phenoxy) is 1. The van der Waals surface area contributed by atoms with Crippen LogP contribution < -0.4 is 0 Å². The first-order valence-corrected chi connectivity index (χ1v) is 10.7. The van der Waals surface area contributed by atoms with Crippen LogP contribution in [0.2, 0.25) is 0 Å². The Hall–Kier alpha value is -1.68. The zero-order chi connectivity index (χ0) is 21.1. The zero-order valence-corrected chi connectivity index (χ0v) is 18.2. The lowest BCUT2D eigenvalue weighted by Gasteiger charge is -2.24. The summed E-state index contributed by atoms with van der Waals surface area (Å²) < 4.78 is 5.61. The molecule has 1 N–H and O–H groups in total. The first-order chi connectivity index (χ1) is 13.2. The Morgan fingerprint density at radius 1 is 1.29 bits per heavy atom. The third-order valence-corrected chi connectivity index (χ3v) is 5.28. The second-order valence-electron chi connectivity index (χ2n) is 8.22. The van der Waals surface area contributed by atoms with E-state index >= 15 is 0 Å². The number of aliphatic hydroxyl groups excluding tert-OH is 1. The standard InChI is InChI=1S/C24H38O4/c1-6-7-10-17(2)15-18(3)16-22(26)23-12-9-8-11-19(4)21(25)14-13-20(5)24(27)28-23/h7,9-10,12,15,18-20,22-23,26H,6,8,11,13-14,16H2,1-5H3/b10-7+,12-9+,17-15+/t18-,19-,20-,22-,23-/m0/s1. The molecule has 28 heavy (non-hydrogen) atoms. The molecule has 0 saturated carbocycles. The van der Waals surface area contributed by atoms with E-state index in [1.165, 1.54) is 5.57 Å². The molecule has 4 nitrogen and oxygen atoms in total. The molecule has 0 spiro atoms. The number of carbonyl (C=O) groups excluding carboxylic acids is 2. The minimum Gasteiger partial charge on any atom is -0.455 e. The summed E-state index contributed by atoms with van der Waals surface area (Å²) in [6.07, 6.45) is 12.6. The molecule has 4 heteroatoms. The Labute approximate surface area is 170 Å². The van der Waals surface area contributed by atoms with E-state index in [9.17, 15) is 14.7 Å². The number of esters is 1. The Kier molecular flexibility index (Phi) is 11.1. The van der Waals surface area contributed by atoms with Crippen LogP contribution in [-0.2, 0) is 14.3 Å². The summed E-state index contributed by atoms with van der Waals surface area (Å²) in [5.41, 5.74) is 1.17. The maximum absolute atomic E-state index is 12.4. The second-order valence-corrected chi connectivity index (χ2v) is 8.22. The van der Waals surface area contributed by atoms with Crippen LogP contribution in [-0.4, -0.2) is 29.1 Å². The van der Waals surface area contributed by atoms with Crippen LogP contribution in [0.4, 0.5) is 0 Å². The van der Waals surface area contributed by atoms with Gasteiger partial charge < -0.3 is 9.84 Å².